The van der Waals surface area contributed by atoms with E-state index in [1.807, 2.05) is 0 Å². The molecule has 0 spiro atoms. The van der Waals surface area contributed by atoms with E-state index in [0.29, 0.717) is 5.92 Å². The first-order chi connectivity index (χ1) is 7.65. The molecule has 1 aromatic carbocycles. The van der Waals surface area contributed by atoms with Crippen LogP contribution in [-0.4, -0.2) is 19.7 Å². The molecule has 2 nitrogen and oxygen atoms in total. The fourth-order valence-corrected chi connectivity index (χ4v) is 1.65. The monoisotopic (exact) mass is 221 g/mol. The molecular formula is C14H23NO. The summed E-state index contributed by atoms with van der Waals surface area (Å²) in [6, 6.07) is 6.44. The van der Waals surface area contributed by atoms with Gasteiger partial charge in [-0.1, -0.05) is 32.9 Å². The van der Waals surface area contributed by atoms with Crippen molar-refractivity contribution in [1.29, 1.82) is 0 Å². The van der Waals surface area contributed by atoms with E-state index in [2.05, 4.69) is 51.2 Å². The SMILES string of the molecule is CCNCCOc1cc(C)ccc1C(C)C. The maximum atomic E-state index is 5.82. The number of nitrogens with one attached hydrogen (secondary N) is 1. The largest absolute Gasteiger partial charge is 0.492 e. The minimum Gasteiger partial charge on any atom is -0.492 e. The van der Waals surface area contributed by atoms with Crippen LogP contribution < -0.4 is 10.1 Å². The highest BCUT2D eigenvalue weighted by atomic mass is 16.5. The standard InChI is InChI=1S/C14H23NO/c1-5-15-8-9-16-14-10-12(4)6-7-13(14)11(2)3/h6-7,10-11,15H,5,8-9H2,1-4H3. The van der Waals surface area contributed by atoms with Crippen molar-refractivity contribution in [3.63, 3.8) is 0 Å². The molecule has 0 radical (unpaired) electrons. The van der Waals surface area contributed by atoms with Gasteiger partial charge in [-0.2, -0.15) is 0 Å². The van der Waals surface area contributed by atoms with Gasteiger partial charge in [0.25, 0.3) is 0 Å². The minimum atomic E-state index is 0.509. The first-order valence-corrected chi connectivity index (χ1v) is 6.09. The number of aryl methyl sites for hydroxylation is 1. The van der Waals surface area contributed by atoms with Crippen LogP contribution in [0.5, 0.6) is 5.75 Å². The van der Waals surface area contributed by atoms with E-state index in [1.165, 1.54) is 11.1 Å². The summed E-state index contributed by atoms with van der Waals surface area (Å²) >= 11 is 0. The second kappa shape index (κ2) is 6.54. The number of hydrogen-bond donors (Lipinski definition) is 1. The zero-order chi connectivity index (χ0) is 12.0. The van der Waals surface area contributed by atoms with Gasteiger partial charge in [0.1, 0.15) is 12.4 Å². The summed E-state index contributed by atoms with van der Waals surface area (Å²) in [5, 5.41) is 3.26. The normalized spacial score (nSPS) is 10.8. The predicted octanol–water partition coefficient (Wildman–Crippen LogP) is 3.11. The third-order valence-corrected chi connectivity index (χ3v) is 2.58. The van der Waals surface area contributed by atoms with Gasteiger partial charge in [-0.15, -0.1) is 0 Å². The van der Waals surface area contributed by atoms with Gasteiger partial charge < -0.3 is 10.1 Å². The second-order valence-corrected chi connectivity index (χ2v) is 4.40. The average Bonchev–Trinajstić information content (AvgIpc) is 2.24. The summed E-state index contributed by atoms with van der Waals surface area (Å²) in [6.07, 6.45) is 0. The van der Waals surface area contributed by atoms with Gasteiger partial charge in [0.2, 0.25) is 0 Å². The topological polar surface area (TPSA) is 21.3 Å². The Bertz CT molecular complexity index is 321. The number of benzene rings is 1. The Kier molecular flexibility index (Phi) is 5.33. The van der Waals surface area contributed by atoms with Gasteiger partial charge in [0.05, 0.1) is 0 Å². The molecule has 0 aromatic heterocycles. The number of rotatable bonds is 6. The second-order valence-electron chi connectivity index (χ2n) is 4.40. The first-order valence-electron chi connectivity index (χ1n) is 6.09. The average molecular weight is 221 g/mol. The van der Waals surface area contributed by atoms with Crippen LogP contribution in [0.4, 0.5) is 0 Å². The lowest BCUT2D eigenvalue weighted by Crippen LogP contribution is -2.20. The highest BCUT2D eigenvalue weighted by Gasteiger charge is 2.07. The van der Waals surface area contributed by atoms with E-state index in [-0.39, 0.29) is 0 Å². The molecule has 0 atom stereocenters. The van der Waals surface area contributed by atoms with Crippen LogP contribution in [0.3, 0.4) is 0 Å². The summed E-state index contributed by atoms with van der Waals surface area (Å²) in [5.41, 5.74) is 2.55. The summed E-state index contributed by atoms with van der Waals surface area (Å²) < 4.78 is 5.82. The highest BCUT2D eigenvalue weighted by Crippen LogP contribution is 2.27. The van der Waals surface area contributed by atoms with Crippen LogP contribution in [0.2, 0.25) is 0 Å². The number of hydrogen-bond acceptors (Lipinski definition) is 2. The fraction of sp³-hybridized carbons (Fsp3) is 0.571. The molecular weight excluding hydrogens is 198 g/mol. The van der Waals surface area contributed by atoms with Gasteiger partial charge in [0, 0.05) is 6.54 Å². The summed E-state index contributed by atoms with van der Waals surface area (Å²) in [7, 11) is 0. The van der Waals surface area contributed by atoms with Crippen LogP contribution in [0.25, 0.3) is 0 Å². The van der Waals surface area contributed by atoms with Crippen molar-refractivity contribution in [2.45, 2.75) is 33.6 Å². The predicted molar refractivity (Wildman–Crippen MR) is 69.3 cm³/mol. The molecule has 16 heavy (non-hydrogen) atoms. The van der Waals surface area contributed by atoms with E-state index < -0.39 is 0 Å². The highest BCUT2D eigenvalue weighted by molar-refractivity contribution is 5.39. The Morgan fingerprint density at radius 3 is 2.69 bits per heavy atom. The van der Waals surface area contributed by atoms with Crippen molar-refractivity contribution in [2.75, 3.05) is 19.7 Å². The van der Waals surface area contributed by atoms with Gasteiger partial charge in [-0.05, 0) is 36.6 Å². The zero-order valence-electron chi connectivity index (χ0n) is 10.8. The molecule has 0 aliphatic carbocycles. The quantitative estimate of drug-likeness (QED) is 0.745. The summed E-state index contributed by atoms with van der Waals surface area (Å²) in [5.74, 6) is 1.54. The van der Waals surface area contributed by atoms with Crippen molar-refractivity contribution < 1.29 is 4.74 Å². The molecule has 0 fully saturated rings. The molecule has 0 bridgehead atoms. The third kappa shape index (κ3) is 3.86. The van der Waals surface area contributed by atoms with Crippen LogP contribution in [0.1, 0.15) is 37.8 Å². The summed E-state index contributed by atoms with van der Waals surface area (Å²) in [4.78, 5) is 0. The molecule has 0 aliphatic rings. The Morgan fingerprint density at radius 2 is 2.06 bits per heavy atom. The van der Waals surface area contributed by atoms with Gasteiger partial charge in [-0.25, -0.2) is 0 Å². The Balaban J connectivity index is 2.65. The lowest BCUT2D eigenvalue weighted by molar-refractivity contribution is 0.311. The van der Waals surface area contributed by atoms with Gasteiger partial charge >= 0.3 is 0 Å². The van der Waals surface area contributed by atoms with Gasteiger partial charge in [0.15, 0.2) is 0 Å². The van der Waals surface area contributed by atoms with E-state index in [1.54, 1.807) is 0 Å². The zero-order valence-corrected chi connectivity index (χ0v) is 10.8. The van der Waals surface area contributed by atoms with E-state index in [0.717, 1.165) is 25.4 Å². The van der Waals surface area contributed by atoms with Crippen LogP contribution in [0.15, 0.2) is 18.2 Å². The lowest BCUT2D eigenvalue weighted by Gasteiger charge is -2.14. The van der Waals surface area contributed by atoms with Crippen LogP contribution in [0, 0.1) is 6.92 Å². The maximum absolute atomic E-state index is 5.82. The molecule has 0 heterocycles. The van der Waals surface area contributed by atoms with Crippen molar-refractivity contribution in [1.82, 2.24) is 5.32 Å². The fourth-order valence-electron chi connectivity index (χ4n) is 1.65. The molecule has 0 saturated heterocycles. The van der Waals surface area contributed by atoms with Crippen LogP contribution >= 0.6 is 0 Å². The number of ether oxygens (including phenoxy) is 1. The molecule has 1 aromatic rings. The third-order valence-electron chi connectivity index (χ3n) is 2.58. The molecule has 1 N–H and O–H groups in total. The van der Waals surface area contributed by atoms with E-state index in [9.17, 15) is 0 Å². The number of likely N-dealkylation sites (N-methyl/N-ethyl adjacent to an activating group) is 1. The molecule has 1 rings (SSSR count). The minimum absolute atomic E-state index is 0.509. The molecule has 2 heteroatoms. The van der Waals surface area contributed by atoms with Gasteiger partial charge in [-0.3, -0.25) is 0 Å². The van der Waals surface area contributed by atoms with Crippen molar-refractivity contribution in [3.05, 3.63) is 29.3 Å². The Hall–Kier alpha value is -1.02. The first kappa shape index (κ1) is 13.0. The maximum Gasteiger partial charge on any atom is 0.123 e. The molecule has 0 aliphatic heterocycles. The molecule has 0 saturated carbocycles. The molecule has 90 valence electrons. The van der Waals surface area contributed by atoms with Crippen molar-refractivity contribution in [2.24, 2.45) is 0 Å². The molecule has 0 amide bonds. The Labute approximate surface area is 99.0 Å². The van der Waals surface area contributed by atoms with E-state index in [4.69, 9.17) is 4.74 Å². The lowest BCUT2D eigenvalue weighted by atomic mass is 10.0. The van der Waals surface area contributed by atoms with E-state index >= 15 is 0 Å². The van der Waals surface area contributed by atoms with Crippen LogP contribution in [-0.2, 0) is 0 Å². The van der Waals surface area contributed by atoms with Crippen molar-refractivity contribution >= 4 is 0 Å². The van der Waals surface area contributed by atoms with Crippen molar-refractivity contribution in [3.8, 4) is 5.75 Å². The Morgan fingerprint density at radius 1 is 1.31 bits per heavy atom. The summed E-state index contributed by atoms with van der Waals surface area (Å²) in [6.45, 7) is 11.2. The molecule has 0 unspecified atom stereocenters. The smallest absolute Gasteiger partial charge is 0.123 e.